The molecule has 0 radical (unpaired) electrons. The minimum absolute atomic E-state index is 0.236. The van der Waals surface area contributed by atoms with Crippen molar-refractivity contribution in [3.8, 4) is 11.4 Å². The molecule has 1 atom stereocenters. The van der Waals surface area contributed by atoms with Crippen LogP contribution in [0.3, 0.4) is 0 Å². The number of carbonyl (C=O) groups is 1. The third-order valence-corrected chi connectivity index (χ3v) is 12.9. The Hall–Kier alpha value is -1.41. The molecular formula is C25H36Cl3N3O3Si. The number of nitrogens with one attached hydrogen (secondary N) is 1. The van der Waals surface area contributed by atoms with Crippen molar-refractivity contribution in [2.45, 2.75) is 88.1 Å². The number of amides is 1. The summed E-state index contributed by atoms with van der Waals surface area (Å²) in [6, 6.07) is 6.08. The molecule has 35 heavy (non-hydrogen) atoms. The Kier molecular flexibility index (Phi) is 7.89. The summed E-state index contributed by atoms with van der Waals surface area (Å²) in [7, 11) is -2.19. The Morgan fingerprint density at radius 2 is 1.77 bits per heavy atom. The van der Waals surface area contributed by atoms with E-state index in [0.717, 1.165) is 28.3 Å². The number of hydrogen-bond donors (Lipinski definition) is 1. The largest absolute Gasteiger partial charge is 0.542 e. The maximum absolute atomic E-state index is 12.6. The molecule has 0 aliphatic carbocycles. The maximum atomic E-state index is 12.6. The zero-order valence-corrected chi connectivity index (χ0v) is 25.2. The fraction of sp³-hybridized carbons (Fsp3) is 0.600. The highest BCUT2D eigenvalue weighted by molar-refractivity contribution is 6.79. The zero-order valence-electron chi connectivity index (χ0n) is 21.9. The van der Waals surface area contributed by atoms with Gasteiger partial charge < -0.3 is 9.16 Å². The molecule has 1 aliphatic rings. The van der Waals surface area contributed by atoms with Gasteiger partial charge in [0.2, 0.25) is 3.79 Å². The number of ether oxygens (including phenoxy) is 1. The van der Waals surface area contributed by atoms with Gasteiger partial charge in [-0.3, -0.25) is 5.32 Å². The molecule has 1 aliphatic heterocycles. The summed E-state index contributed by atoms with van der Waals surface area (Å²) in [5, 5.41) is 7.73. The van der Waals surface area contributed by atoms with E-state index in [1.54, 1.807) is 4.68 Å². The molecule has 1 aromatic carbocycles. The van der Waals surface area contributed by atoms with Gasteiger partial charge in [0, 0.05) is 22.6 Å². The quantitative estimate of drug-likeness (QED) is 0.296. The summed E-state index contributed by atoms with van der Waals surface area (Å²) >= 11 is 17.2. The van der Waals surface area contributed by atoms with Gasteiger partial charge in [-0.25, -0.2) is 9.48 Å². The lowest BCUT2D eigenvalue weighted by molar-refractivity contribution is 0.163. The van der Waals surface area contributed by atoms with Gasteiger partial charge >= 0.3 is 6.09 Å². The van der Waals surface area contributed by atoms with Crippen LogP contribution in [0.5, 0.6) is 5.75 Å². The number of fused-ring (bicyclic) bond motifs is 1. The molecule has 1 unspecified atom stereocenters. The third kappa shape index (κ3) is 5.63. The molecule has 0 saturated heterocycles. The van der Waals surface area contributed by atoms with E-state index in [2.05, 4.69) is 72.8 Å². The van der Waals surface area contributed by atoms with E-state index in [-0.39, 0.29) is 17.6 Å². The number of carbonyl (C=O) groups excluding carboxylic acids is 1. The van der Waals surface area contributed by atoms with Gasteiger partial charge in [0.05, 0.1) is 11.4 Å². The van der Waals surface area contributed by atoms with Gasteiger partial charge in [0.15, 0.2) is 0 Å². The summed E-state index contributed by atoms with van der Waals surface area (Å²) in [6.45, 7) is 19.2. The topological polar surface area (TPSA) is 65.4 Å². The van der Waals surface area contributed by atoms with Crippen LogP contribution in [-0.2, 0) is 10.2 Å². The van der Waals surface area contributed by atoms with Crippen LogP contribution in [0.1, 0.15) is 77.8 Å². The van der Waals surface area contributed by atoms with Gasteiger partial charge in [0.25, 0.3) is 8.32 Å². The van der Waals surface area contributed by atoms with Crippen LogP contribution in [0.15, 0.2) is 18.2 Å². The van der Waals surface area contributed by atoms with Crippen LogP contribution in [0.25, 0.3) is 5.69 Å². The molecule has 2 aromatic rings. The molecule has 0 spiro atoms. The Balaban J connectivity index is 2.15. The molecule has 6 nitrogen and oxygen atoms in total. The zero-order chi connectivity index (χ0) is 26.5. The van der Waals surface area contributed by atoms with Crippen molar-refractivity contribution in [2.75, 3.05) is 11.9 Å². The normalized spacial score (nSPS) is 17.5. The molecule has 194 valence electrons. The minimum atomic E-state index is -2.19. The predicted molar refractivity (Wildman–Crippen MR) is 147 cm³/mol. The van der Waals surface area contributed by atoms with Crippen LogP contribution in [-0.4, -0.2) is 34.6 Å². The monoisotopic (exact) mass is 559 g/mol. The first-order valence-corrected chi connectivity index (χ1v) is 15.2. The molecule has 10 heteroatoms. The Morgan fingerprint density at radius 3 is 2.29 bits per heavy atom. The molecule has 0 fully saturated rings. The second kappa shape index (κ2) is 9.80. The highest BCUT2D eigenvalue weighted by atomic mass is 35.6. The fourth-order valence-corrected chi connectivity index (χ4v) is 10.6. The van der Waals surface area contributed by atoms with E-state index in [1.807, 2.05) is 13.0 Å². The van der Waals surface area contributed by atoms with Crippen molar-refractivity contribution in [1.82, 2.24) is 9.78 Å². The number of nitrogens with zero attached hydrogens (tertiary/aromatic N) is 2. The lowest BCUT2D eigenvalue weighted by atomic mass is 9.92. The van der Waals surface area contributed by atoms with E-state index in [1.165, 1.54) is 0 Å². The maximum Gasteiger partial charge on any atom is 0.412 e. The van der Waals surface area contributed by atoms with Gasteiger partial charge in [-0.05, 0) is 35.7 Å². The Bertz CT molecular complexity index is 1100. The molecular weight excluding hydrogens is 525 g/mol. The number of rotatable bonds is 5. The molecule has 0 bridgehead atoms. The van der Waals surface area contributed by atoms with Gasteiger partial charge in [-0.15, -0.1) is 0 Å². The fourth-order valence-electron chi connectivity index (χ4n) is 5.16. The molecule has 1 N–H and O–H groups in total. The SMILES string of the molecule is Cc1cc2c(c(-n3nc(C(C)(C)C)cc3NC(=O)OCC(Cl)(Cl)Cl)c1)C(C)[Si](C(C)C)(C(C)C)O2. The van der Waals surface area contributed by atoms with E-state index < -0.39 is 18.2 Å². The molecule has 3 rings (SSSR count). The molecule has 1 aromatic heterocycles. The first-order valence-electron chi connectivity index (χ1n) is 11.9. The molecule has 1 amide bonds. The van der Waals surface area contributed by atoms with Crippen LogP contribution < -0.4 is 9.74 Å². The van der Waals surface area contributed by atoms with Crippen molar-refractivity contribution in [3.05, 3.63) is 35.0 Å². The van der Waals surface area contributed by atoms with E-state index >= 15 is 0 Å². The van der Waals surface area contributed by atoms with Gasteiger partial charge in [-0.2, -0.15) is 5.10 Å². The van der Waals surface area contributed by atoms with Gasteiger partial charge in [0.1, 0.15) is 18.2 Å². The summed E-state index contributed by atoms with van der Waals surface area (Å²) in [5.41, 5.74) is 4.76. The first kappa shape index (κ1) is 28.2. The standard InChI is InChI=1S/C25H36Cl3N3O3Si/c1-14(2)35(15(3)4)17(6)22-18(10-16(5)11-19(22)34-35)31-21(12-20(30-31)24(7,8)9)29-23(32)33-13-25(26,27)28/h10-12,14-15,17H,13H2,1-9H3,(H,29,32). The number of aryl methyl sites for hydroxylation is 1. The number of halogens is 3. The average Bonchev–Trinajstić information content (AvgIpc) is 3.25. The second-order valence-corrected chi connectivity index (χ2v) is 18.7. The predicted octanol–water partition coefficient (Wildman–Crippen LogP) is 8.20. The Labute approximate surface area is 224 Å². The van der Waals surface area contributed by atoms with Crippen molar-refractivity contribution >= 4 is 55.0 Å². The van der Waals surface area contributed by atoms with E-state index in [9.17, 15) is 4.79 Å². The van der Waals surface area contributed by atoms with E-state index in [4.69, 9.17) is 49.1 Å². The van der Waals surface area contributed by atoms with Crippen LogP contribution in [0.2, 0.25) is 11.1 Å². The smallest absolute Gasteiger partial charge is 0.412 e. The van der Waals surface area contributed by atoms with Crippen molar-refractivity contribution in [1.29, 1.82) is 0 Å². The number of alkyl halides is 3. The van der Waals surface area contributed by atoms with E-state index in [0.29, 0.717) is 16.9 Å². The summed E-state index contributed by atoms with van der Waals surface area (Å²) in [4.78, 5) is 12.6. The van der Waals surface area contributed by atoms with Crippen molar-refractivity contribution < 1.29 is 14.0 Å². The summed E-state index contributed by atoms with van der Waals surface area (Å²) in [6.07, 6.45) is -0.723. The highest BCUT2D eigenvalue weighted by Gasteiger charge is 2.55. The third-order valence-electron chi connectivity index (χ3n) is 6.77. The van der Waals surface area contributed by atoms with Gasteiger partial charge in [-0.1, -0.05) is 90.2 Å². The lowest BCUT2D eigenvalue weighted by Gasteiger charge is -2.37. The first-order chi connectivity index (χ1) is 16.0. The summed E-state index contributed by atoms with van der Waals surface area (Å²) in [5.74, 6) is 1.40. The lowest BCUT2D eigenvalue weighted by Crippen LogP contribution is -2.49. The number of aromatic nitrogens is 2. The highest BCUT2D eigenvalue weighted by Crippen LogP contribution is 2.54. The Morgan fingerprint density at radius 1 is 1.17 bits per heavy atom. The molecule has 2 heterocycles. The number of anilines is 1. The average molecular weight is 561 g/mol. The number of hydrogen-bond acceptors (Lipinski definition) is 4. The number of benzene rings is 1. The van der Waals surface area contributed by atoms with Crippen LogP contribution in [0, 0.1) is 6.92 Å². The summed E-state index contributed by atoms with van der Waals surface area (Å²) < 4.78 is 12.1. The molecule has 0 saturated carbocycles. The minimum Gasteiger partial charge on any atom is -0.542 e. The van der Waals surface area contributed by atoms with Crippen molar-refractivity contribution in [3.63, 3.8) is 0 Å². The second-order valence-electron chi connectivity index (χ2n) is 11.1. The van der Waals surface area contributed by atoms with Crippen LogP contribution in [0.4, 0.5) is 10.6 Å². The van der Waals surface area contributed by atoms with Crippen molar-refractivity contribution in [2.24, 2.45) is 0 Å². The van der Waals surface area contributed by atoms with Crippen LogP contribution >= 0.6 is 34.8 Å².